The van der Waals surface area contributed by atoms with E-state index in [-0.39, 0.29) is 24.1 Å². The Hall–Kier alpha value is -3.71. The van der Waals surface area contributed by atoms with Gasteiger partial charge in [-0.25, -0.2) is 9.42 Å². The minimum atomic E-state index is -4.55. The summed E-state index contributed by atoms with van der Waals surface area (Å²) in [5.41, 5.74) is 1.33. The zero-order valence-corrected chi connectivity index (χ0v) is 21.3. The maximum absolute atomic E-state index is 13.5. The largest absolute Gasteiger partial charge is 0.410 e. The van der Waals surface area contributed by atoms with E-state index in [1.54, 1.807) is 6.07 Å². The van der Waals surface area contributed by atoms with Crippen molar-refractivity contribution in [2.45, 2.75) is 76.2 Å². The van der Waals surface area contributed by atoms with Gasteiger partial charge in [0.2, 0.25) is 5.91 Å². The molecule has 0 unspecified atom stereocenters. The summed E-state index contributed by atoms with van der Waals surface area (Å²) in [6.07, 6.45) is 3.45. The van der Waals surface area contributed by atoms with Crippen molar-refractivity contribution < 1.29 is 32.2 Å². The van der Waals surface area contributed by atoms with Gasteiger partial charge in [-0.15, -0.1) is 0 Å². The maximum atomic E-state index is 13.5. The van der Waals surface area contributed by atoms with Gasteiger partial charge in [0.15, 0.2) is 5.69 Å². The average molecular weight is 550 g/mol. The molecule has 2 aromatic heterocycles. The number of carbonyl (C=O) groups is 3. The van der Waals surface area contributed by atoms with Gasteiger partial charge in [-0.3, -0.25) is 14.6 Å². The number of nitrogens with one attached hydrogen (secondary N) is 3. The number of pyridine rings is 1. The molecule has 14 heteroatoms. The second-order valence-electron chi connectivity index (χ2n) is 10.7. The number of hydrogen-bond acceptors (Lipinski definition) is 7. The summed E-state index contributed by atoms with van der Waals surface area (Å²) < 4.78 is 43.8. The highest BCUT2D eigenvalue weighted by Crippen LogP contribution is 2.40. The van der Waals surface area contributed by atoms with Crippen LogP contribution in [-0.4, -0.2) is 62.8 Å². The normalized spacial score (nSPS) is 24.3. The summed E-state index contributed by atoms with van der Waals surface area (Å²) >= 11 is 0. The monoisotopic (exact) mass is 549 g/mol. The Morgan fingerprint density at radius 2 is 1.90 bits per heavy atom. The molecule has 0 radical (unpaired) electrons. The highest BCUT2D eigenvalue weighted by molar-refractivity contribution is 6.01. The lowest BCUT2D eigenvalue weighted by molar-refractivity contribution is -0.149. The molecule has 0 aromatic carbocycles. The van der Waals surface area contributed by atoms with E-state index in [1.165, 1.54) is 12.4 Å². The molecule has 3 heterocycles. The fourth-order valence-electron chi connectivity index (χ4n) is 5.20. The van der Waals surface area contributed by atoms with Crippen LogP contribution in [0.15, 0.2) is 23.1 Å². The van der Waals surface area contributed by atoms with Gasteiger partial charge in [-0.2, -0.15) is 13.2 Å². The van der Waals surface area contributed by atoms with Crippen LogP contribution >= 0.6 is 0 Å². The number of aromatic nitrogens is 3. The van der Waals surface area contributed by atoms with Crippen LogP contribution < -0.4 is 16.0 Å². The SMILES string of the molecule is CC1CCC([C@@H](NC(=O)c2nonc2C2CC2)C(=O)Nc2cncc(CN3C[C@@H](C(F)(F)F)NC3=O)c2)CC1. The standard InChI is InChI=1S/C25H30F3N7O4/c1-13-2-4-16(5-3-13)20(32-23(37)21-19(15-6-7-15)33-39-34-21)22(36)30-17-8-14(9-29-10-17)11-35-12-18(25(26,27)28)31-24(35)38/h8-10,13,15-16,18,20H,2-7,11-12H2,1H3,(H,30,36)(H,31,38)(H,32,37)/t13?,16?,18-,20+/m0/s1. The molecular weight excluding hydrogens is 519 g/mol. The fourth-order valence-corrected chi connectivity index (χ4v) is 5.20. The molecule has 2 aliphatic carbocycles. The summed E-state index contributed by atoms with van der Waals surface area (Å²) in [7, 11) is 0. The number of carbonyl (C=O) groups excluding carboxylic acids is 3. The van der Waals surface area contributed by atoms with E-state index in [0.717, 1.165) is 43.4 Å². The molecule has 1 saturated heterocycles. The highest BCUT2D eigenvalue weighted by atomic mass is 19.4. The first-order valence-electron chi connectivity index (χ1n) is 13.1. The fraction of sp³-hybridized carbons (Fsp3) is 0.600. The van der Waals surface area contributed by atoms with Crippen molar-refractivity contribution in [1.29, 1.82) is 0 Å². The predicted octanol–water partition coefficient (Wildman–Crippen LogP) is 3.36. The summed E-state index contributed by atoms with van der Waals surface area (Å²) in [6.45, 7) is 1.52. The number of halogens is 3. The molecule has 4 amide bonds. The summed E-state index contributed by atoms with van der Waals surface area (Å²) in [5, 5.41) is 15.2. The second kappa shape index (κ2) is 10.8. The minimum Gasteiger partial charge on any atom is -0.338 e. The molecule has 2 atom stereocenters. The number of amides is 4. The van der Waals surface area contributed by atoms with Crippen LogP contribution in [-0.2, 0) is 11.3 Å². The van der Waals surface area contributed by atoms with E-state index in [4.69, 9.17) is 4.63 Å². The van der Waals surface area contributed by atoms with Gasteiger partial charge in [0.25, 0.3) is 5.91 Å². The molecule has 3 fully saturated rings. The quantitative estimate of drug-likeness (QED) is 0.458. The van der Waals surface area contributed by atoms with Gasteiger partial charge in [-0.05, 0) is 54.3 Å². The predicted molar refractivity (Wildman–Crippen MR) is 130 cm³/mol. The molecule has 39 heavy (non-hydrogen) atoms. The van der Waals surface area contributed by atoms with Crippen molar-refractivity contribution in [1.82, 2.24) is 30.8 Å². The molecule has 3 aliphatic rings. The van der Waals surface area contributed by atoms with Gasteiger partial charge in [0.1, 0.15) is 17.8 Å². The molecule has 0 spiro atoms. The van der Waals surface area contributed by atoms with E-state index in [2.05, 4.69) is 32.9 Å². The van der Waals surface area contributed by atoms with Crippen LogP contribution in [0.3, 0.4) is 0 Å². The van der Waals surface area contributed by atoms with Gasteiger partial charge < -0.3 is 20.9 Å². The first-order chi connectivity index (χ1) is 18.6. The number of rotatable bonds is 8. The van der Waals surface area contributed by atoms with Gasteiger partial charge in [-0.1, -0.05) is 24.9 Å². The molecule has 11 nitrogen and oxygen atoms in total. The van der Waals surface area contributed by atoms with Crippen molar-refractivity contribution in [3.8, 4) is 0 Å². The maximum Gasteiger partial charge on any atom is 0.410 e. The number of nitrogens with zero attached hydrogens (tertiary/aromatic N) is 4. The Balaban J connectivity index is 1.28. The molecule has 2 saturated carbocycles. The minimum absolute atomic E-state index is 0.0872. The molecule has 5 rings (SSSR count). The molecular formula is C25H30F3N7O4. The van der Waals surface area contributed by atoms with Crippen molar-refractivity contribution >= 4 is 23.5 Å². The van der Waals surface area contributed by atoms with Crippen LogP contribution in [0, 0.1) is 11.8 Å². The van der Waals surface area contributed by atoms with Crippen molar-refractivity contribution in [2.24, 2.45) is 11.8 Å². The van der Waals surface area contributed by atoms with Gasteiger partial charge >= 0.3 is 12.2 Å². The number of urea groups is 1. The Kier molecular flexibility index (Phi) is 7.45. The molecule has 0 bridgehead atoms. The first-order valence-corrected chi connectivity index (χ1v) is 13.1. The highest BCUT2D eigenvalue weighted by Gasteiger charge is 2.46. The summed E-state index contributed by atoms with van der Waals surface area (Å²) in [5.74, 6) is -0.399. The van der Waals surface area contributed by atoms with Crippen molar-refractivity contribution in [2.75, 3.05) is 11.9 Å². The summed E-state index contributed by atoms with van der Waals surface area (Å²) in [4.78, 5) is 43.7. The van der Waals surface area contributed by atoms with Crippen LogP contribution in [0.2, 0.25) is 0 Å². The molecule has 1 aliphatic heterocycles. The van der Waals surface area contributed by atoms with E-state index in [9.17, 15) is 27.6 Å². The topological polar surface area (TPSA) is 142 Å². The average Bonchev–Trinajstić information content (AvgIpc) is 3.49. The lowest BCUT2D eigenvalue weighted by atomic mass is 9.79. The van der Waals surface area contributed by atoms with Crippen molar-refractivity contribution in [3.05, 3.63) is 35.4 Å². The van der Waals surface area contributed by atoms with Crippen molar-refractivity contribution in [3.63, 3.8) is 0 Å². The summed E-state index contributed by atoms with van der Waals surface area (Å²) in [6, 6.07) is -2.07. The van der Waals surface area contributed by atoms with Crippen LogP contribution in [0.4, 0.5) is 23.7 Å². The van der Waals surface area contributed by atoms with E-state index in [1.807, 2.05) is 5.32 Å². The van der Waals surface area contributed by atoms with Gasteiger partial charge in [0.05, 0.1) is 18.4 Å². The van der Waals surface area contributed by atoms with E-state index >= 15 is 0 Å². The zero-order valence-electron chi connectivity index (χ0n) is 21.3. The van der Waals surface area contributed by atoms with Crippen LogP contribution in [0.5, 0.6) is 0 Å². The third-order valence-electron chi connectivity index (χ3n) is 7.61. The van der Waals surface area contributed by atoms with Crippen LogP contribution in [0.1, 0.15) is 73.1 Å². The third-order valence-corrected chi connectivity index (χ3v) is 7.61. The Morgan fingerprint density at radius 3 is 2.56 bits per heavy atom. The Morgan fingerprint density at radius 1 is 1.15 bits per heavy atom. The lowest BCUT2D eigenvalue weighted by Crippen LogP contribution is -2.49. The third kappa shape index (κ3) is 6.31. The number of anilines is 1. The Labute approximate surface area is 222 Å². The smallest absolute Gasteiger partial charge is 0.338 e. The first kappa shape index (κ1) is 26.9. The van der Waals surface area contributed by atoms with E-state index in [0.29, 0.717) is 22.9 Å². The second-order valence-corrected chi connectivity index (χ2v) is 10.7. The number of alkyl halides is 3. The molecule has 210 valence electrons. The van der Waals surface area contributed by atoms with E-state index < -0.39 is 42.7 Å². The lowest BCUT2D eigenvalue weighted by Gasteiger charge is -2.32. The number of hydrogen-bond donors (Lipinski definition) is 3. The van der Waals surface area contributed by atoms with Gasteiger partial charge in [0, 0.05) is 18.7 Å². The van der Waals surface area contributed by atoms with Crippen LogP contribution in [0.25, 0.3) is 0 Å². The molecule has 3 N–H and O–H groups in total. The molecule has 2 aromatic rings. The zero-order chi connectivity index (χ0) is 27.7. The Bertz CT molecular complexity index is 1220.